The van der Waals surface area contributed by atoms with Gasteiger partial charge in [-0.1, -0.05) is 30.3 Å². The van der Waals surface area contributed by atoms with Gasteiger partial charge in [0.1, 0.15) is 18.3 Å². The van der Waals surface area contributed by atoms with Crippen LogP contribution in [0.4, 0.5) is 16.3 Å². The molecule has 1 aromatic heterocycles. The molecule has 2 aliphatic rings. The minimum atomic E-state index is -0.522. The molecule has 1 aromatic carbocycles. The van der Waals surface area contributed by atoms with Gasteiger partial charge < -0.3 is 19.4 Å². The van der Waals surface area contributed by atoms with Gasteiger partial charge in [-0.25, -0.2) is 9.78 Å². The number of hydrogen-bond acceptors (Lipinski definition) is 6. The molecule has 0 bridgehead atoms. The van der Waals surface area contributed by atoms with E-state index in [0.29, 0.717) is 24.6 Å². The van der Waals surface area contributed by atoms with Gasteiger partial charge >= 0.3 is 6.09 Å². The van der Waals surface area contributed by atoms with Gasteiger partial charge in [0.25, 0.3) is 5.91 Å². The van der Waals surface area contributed by atoms with Crippen LogP contribution in [0.5, 0.6) is 0 Å². The molecule has 8 nitrogen and oxygen atoms in total. The van der Waals surface area contributed by atoms with E-state index < -0.39 is 12.1 Å². The number of carbonyl (C=O) groups excluding carboxylic acids is 2. The third-order valence-electron chi connectivity index (χ3n) is 4.81. The lowest BCUT2D eigenvalue weighted by Gasteiger charge is -2.45. The second-order valence-corrected chi connectivity index (χ2v) is 6.78. The second kappa shape index (κ2) is 7.03. The highest BCUT2D eigenvalue weighted by Gasteiger charge is 2.42. The number of rotatable bonds is 2. The SMILES string of the molecule is CN1C(=O)[C@H]2CN(C(=O)OCc3ccccc3)CCN2c2nc(Cl)ncc21. The molecule has 0 spiro atoms. The Morgan fingerprint density at radius 3 is 2.85 bits per heavy atom. The zero-order chi connectivity index (χ0) is 19.0. The average Bonchev–Trinajstić information content (AvgIpc) is 2.70. The van der Waals surface area contributed by atoms with Gasteiger partial charge in [0.15, 0.2) is 5.82 Å². The largest absolute Gasteiger partial charge is 0.445 e. The van der Waals surface area contributed by atoms with Crippen LogP contribution in [0.2, 0.25) is 5.28 Å². The molecule has 27 heavy (non-hydrogen) atoms. The van der Waals surface area contributed by atoms with E-state index in [0.717, 1.165) is 5.56 Å². The fourth-order valence-corrected chi connectivity index (χ4v) is 3.49. The number of fused-ring (bicyclic) bond motifs is 3. The van der Waals surface area contributed by atoms with E-state index in [1.807, 2.05) is 35.2 Å². The van der Waals surface area contributed by atoms with Crippen LogP contribution in [0.3, 0.4) is 0 Å². The summed E-state index contributed by atoms with van der Waals surface area (Å²) in [6, 6.07) is 8.96. The van der Waals surface area contributed by atoms with Crippen LogP contribution in [0.15, 0.2) is 36.5 Å². The predicted octanol–water partition coefficient (Wildman–Crippen LogP) is 1.93. The maximum atomic E-state index is 12.8. The Hall–Kier alpha value is -2.87. The zero-order valence-electron chi connectivity index (χ0n) is 14.7. The van der Waals surface area contributed by atoms with E-state index >= 15 is 0 Å². The zero-order valence-corrected chi connectivity index (χ0v) is 15.5. The van der Waals surface area contributed by atoms with Crippen molar-refractivity contribution in [3.63, 3.8) is 0 Å². The Balaban J connectivity index is 1.48. The van der Waals surface area contributed by atoms with Crippen LogP contribution in [0, 0.1) is 0 Å². The molecule has 0 aliphatic carbocycles. The van der Waals surface area contributed by atoms with E-state index in [1.54, 1.807) is 18.1 Å². The van der Waals surface area contributed by atoms with Crippen molar-refractivity contribution in [1.82, 2.24) is 14.9 Å². The fourth-order valence-electron chi connectivity index (χ4n) is 3.36. The highest BCUT2D eigenvalue weighted by atomic mass is 35.5. The molecule has 2 aromatic rings. The summed E-state index contributed by atoms with van der Waals surface area (Å²) in [7, 11) is 1.67. The topological polar surface area (TPSA) is 78.9 Å². The van der Waals surface area contributed by atoms with Crippen molar-refractivity contribution in [2.45, 2.75) is 12.6 Å². The maximum absolute atomic E-state index is 12.8. The van der Waals surface area contributed by atoms with Crippen molar-refractivity contribution in [2.75, 3.05) is 36.5 Å². The minimum absolute atomic E-state index is 0.117. The summed E-state index contributed by atoms with van der Waals surface area (Å²) >= 11 is 5.93. The van der Waals surface area contributed by atoms with Gasteiger partial charge in [-0.15, -0.1) is 0 Å². The molecule has 0 unspecified atom stereocenters. The molecule has 1 atom stereocenters. The summed E-state index contributed by atoms with van der Waals surface area (Å²) in [6.07, 6.45) is 1.11. The Bertz CT molecular complexity index is 879. The van der Waals surface area contributed by atoms with E-state index in [-0.39, 0.29) is 24.3 Å². The average molecular weight is 388 g/mol. The van der Waals surface area contributed by atoms with Crippen molar-refractivity contribution < 1.29 is 14.3 Å². The van der Waals surface area contributed by atoms with Crippen LogP contribution in [0.1, 0.15) is 5.56 Å². The normalized spacial score (nSPS) is 18.8. The van der Waals surface area contributed by atoms with Gasteiger partial charge in [-0.3, -0.25) is 4.79 Å². The lowest BCUT2D eigenvalue weighted by Crippen LogP contribution is -2.63. The molecule has 2 amide bonds. The predicted molar refractivity (Wildman–Crippen MR) is 99.8 cm³/mol. The van der Waals surface area contributed by atoms with Crippen molar-refractivity contribution in [1.29, 1.82) is 0 Å². The summed E-state index contributed by atoms with van der Waals surface area (Å²) in [5.41, 5.74) is 1.53. The molecule has 3 heterocycles. The molecule has 9 heteroatoms. The van der Waals surface area contributed by atoms with Gasteiger partial charge in [-0.05, 0) is 17.2 Å². The highest BCUT2D eigenvalue weighted by molar-refractivity contribution is 6.28. The van der Waals surface area contributed by atoms with Gasteiger partial charge in [0.2, 0.25) is 5.28 Å². The Kier molecular flexibility index (Phi) is 4.57. The fraction of sp³-hybridized carbons (Fsp3) is 0.333. The van der Waals surface area contributed by atoms with Gasteiger partial charge in [0, 0.05) is 20.1 Å². The molecule has 4 rings (SSSR count). The minimum Gasteiger partial charge on any atom is -0.445 e. The number of likely N-dealkylation sites (N-methyl/N-ethyl adjacent to an activating group) is 1. The third-order valence-corrected chi connectivity index (χ3v) is 5.00. The first-order valence-electron chi connectivity index (χ1n) is 8.57. The quantitative estimate of drug-likeness (QED) is 0.733. The number of halogens is 1. The van der Waals surface area contributed by atoms with E-state index in [9.17, 15) is 9.59 Å². The number of amides is 2. The molecule has 1 saturated heterocycles. The molecular formula is C18H18ClN5O3. The van der Waals surface area contributed by atoms with Crippen LogP contribution in [0.25, 0.3) is 0 Å². The number of anilines is 2. The van der Waals surface area contributed by atoms with E-state index in [2.05, 4.69) is 9.97 Å². The molecule has 140 valence electrons. The van der Waals surface area contributed by atoms with Crippen molar-refractivity contribution in [3.8, 4) is 0 Å². The number of ether oxygens (including phenoxy) is 1. The molecule has 2 aliphatic heterocycles. The first-order valence-corrected chi connectivity index (χ1v) is 8.95. The third kappa shape index (κ3) is 3.28. The van der Waals surface area contributed by atoms with E-state index in [4.69, 9.17) is 16.3 Å². The maximum Gasteiger partial charge on any atom is 0.410 e. The summed E-state index contributed by atoms with van der Waals surface area (Å²) in [5.74, 6) is 0.494. The second-order valence-electron chi connectivity index (χ2n) is 6.44. The first-order chi connectivity index (χ1) is 13.0. The highest BCUT2D eigenvalue weighted by Crippen LogP contribution is 2.35. The Labute approximate surface area is 161 Å². The number of benzene rings is 1. The summed E-state index contributed by atoms with van der Waals surface area (Å²) in [5, 5.41) is 0.125. The van der Waals surface area contributed by atoms with Crippen molar-refractivity contribution >= 4 is 35.1 Å². The van der Waals surface area contributed by atoms with Crippen molar-refractivity contribution in [3.05, 3.63) is 47.4 Å². The standard InChI is InChI=1S/C18H18ClN5O3/c1-22-13-9-20-17(19)21-15(13)24-8-7-23(10-14(24)16(22)25)18(26)27-11-12-5-3-2-4-6-12/h2-6,9,14H,7-8,10-11H2,1H3/t14-/m1/s1. The number of carbonyl (C=O) groups is 2. The summed E-state index contributed by atoms with van der Waals surface area (Å²) in [4.78, 5) is 38.4. The molecular weight excluding hydrogens is 370 g/mol. The number of nitrogens with zero attached hydrogens (tertiary/aromatic N) is 5. The summed E-state index contributed by atoms with van der Waals surface area (Å²) in [6.45, 7) is 1.33. The van der Waals surface area contributed by atoms with Gasteiger partial charge in [0.05, 0.1) is 12.7 Å². The number of aromatic nitrogens is 2. The van der Waals surface area contributed by atoms with Crippen LogP contribution < -0.4 is 9.80 Å². The van der Waals surface area contributed by atoms with Crippen LogP contribution >= 0.6 is 11.6 Å². The molecule has 0 N–H and O–H groups in total. The smallest absolute Gasteiger partial charge is 0.410 e. The van der Waals surface area contributed by atoms with Crippen LogP contribution in [-0.2, 0) is 16.1 Å². The monoisotopic (exact) mass is 387 g/mol. The lowest BCUT2D eigenvalue weighted by atomic mass is 10.1. The Morgan fingerprint density at radius 1 is 1.30 bits per heavy atom. The Morgan fingerprint density at radius 2 is 2.07 bits per heavy atom. The first kappa shape index (κ1) is 17.5. The summed E-state index contributed by atoms with van der Waals surface area (Å²) < 4.78 is 5.39. The number of hydrogen-bond donors (Lipinski definition) is 0. The van der Waals surface area contributed by atoms with Gasteiger partial charge in [-0.2, -0.15) is 4.98 Å². The lowest BCUT2D eigenvalue weighted by molar-refractivity contribution is -0.120. The van der Waals surface area contributed by atoms with E-state index in [1.165, 1.54) is 4.90 Å². The molecule has 0 saturated carbocycles. The van der Waals surface area contributed by atoms with Crippen LogP contribution in [-0.4, -0.2) is 59.6 Å². The molecule has 1 fully saturated rings. The van der Waals surface area contributed by atoms with Crippen molar-refractivity contribution in [2.24, 2.45) is 0 Å². The molecule has 0 radical (unpaired) electrons. The number of piperazine rings is 1.